The summed E-state index contributed by atoms with van der Waals surface area (Å²) in [6, 6.07) is 0. The SMILES string of the molecule is CCCCOP(=O)(OCCCC)OC1(C(=O)OC)CC[C@@]2(CC(=O)O2)C([C@H](OC(C)=O)[C@@H](CC)OC(C)=O)O1. The summed E-state index contributed by atoms with van der Waals surface area (Å²) in [5.41, 5.74) is -1.33. The molecule has 0 bridgehead atoms. The third kappa shape index (κ3) is 8.47. The second-order valence-corrected chi connectivity index (χ2v) is 11.1. The van der Waals surface area contributed by atoms with Gasteiger partial charge in [0, 0.05) is 20.3 Å². The molecule has 224 valence electrons. The molecule has 0 N–H and O–H groups in total. The highest BCUT2D eigenvalue weighted by Gasteiger charge is 2.67. The number of phosphoric acid groups is 1. The Morgan fingerprint density at radius 2 is 1.56 bits per heavy atom. The van der Waals surface area contributed by atoms with E-state index in [-0.39, 0.29) is 38.9 Å². The maximum absolute atomic E-state index is 13.7. The summed E-state index contributed by atoms with van der Waals surface area (Å²) in [6.07, 6.45) is -1.35. The minimum Gasteiger partial charge on any atom is -0.465 e. The highest BCUT2D eigenvalue weighted by Crippen LogP contribution is 2.58. The summed E-state index contributed by atoms with van der Waals surface area (Å²) in [4.78, 5) is 49.2. The first-order valence-electron chi connectivity index (χ1n) is 13.3. The molecule has 2 aliphatic rings. The first-order valence-corrected chi connectivity index (χ1v) is 14.8. The largest absolute Gasteiger partial charge is 0.477 e. The molecule has 2 rings (SSSR count). The number of hydrogen-bond acceptors (Lipinski definition) is 13. The first kappa shape index (κ1) is 33.2. The van der Waals surface area contributed by atoms with Crippen LogP contribution in [0.5, 0.6) is 0 Å². The van der Waals surface area contributed by atoms with Crippen molar-refractivity contribution in [2.45, 2.75) is 116 Å². The zero-order valence-corrected chi connectivity index (χ0v) is 24.5. The number of esters is 4. The topological polar surface area (TPSA) is 159 Å². The van der Waals surface area contributed by atoms with Crippen LogP contribution in [-0.2, 0) is 61.0 Å². The van der Waals surface area contributed by atoms with Crippen molar-refractivity contribution >= 4 is 31.7 Å². The molecule has 0 aromatic carbocycles. The normalized spacial score (nSPS) is 26.2. The second-order valence-electron chi connectivity index (χ2n) is 9.54. The lowest BCUT2D eigenvalue weighted by Crippen LogP contribution is -2.70. The van der Waals surface area contributed by atoms with Crippen LogP contribution in [0.2, 0.25) is 0 Å². The summed E-state index contributed by atoms with van der Waals surface area (Å²) >= 11 is 0. The minimum atomic E-state index is -4.39. The molecule has 0 amide bonds. The molecular weight excluding hydrogens is 539 g/mol. The van der Waals surface area contributed by atoms with Gasteiger partial charge in [0.1, 0.15) is 12.2 Å². The van der Waals surface area contributed by atoms with E-state index in [1.165, 1.54) is 6.92 Å². The Bertz CT molecular complexity index is 900. The van der Waals surface area contributed by atoms with E-state index in [0.29, 0.717) is 12.8 Å². The molecule has 2 fully saturated rings. The van der Waals surface area contributed by atoms with E-state index in [2.05, 4.69) is 0 Å². The maximum Gasteiger partial charge on any atom is 0.477 e. The van der Waals surface area contributed by atoms with Crippen LogP contribution in [0.1, 0.15) is 86.0 Å². The minimum absolute atomic E-state index is 0.0172. The number of hydrogen-bond donors (Lipinski definition) is 0. The lowest BCUT2D eigenvalue weighted by Gasteiger charge is -2.54. The van der Waals surface area contributed by atoms with Crippen molar-refractivity contribution in [3.05, 3.63) is 0 Å². The molecule has 2 unspecified atom stereocenters. The van der Waals surface area contributed by atoms with Crippen molar-refractivity contribution in [2.75, 3.05) is 20.3 Å². The van der Waals surface area contributed by atoms with E-state index in [4.69, 9.17) is 37.3 Å². The Kier molecular flexibility index (Phi) is 12.4. The van der Waals surface area contributed by atoms with Gasteiger partial charge in [0.25, 0.3) is 5.79 Å². The molecule has 0 aromatic heterocycles. The van der Waals surface area contributed by atoms with Gasteiger partial charge >= 0.3 is 31.7 Å². The molecule has 5 atom stereocenters. The van der Waals surface area contributed by atoms with Gasteiger partial charge in [0.2, 0.25) is 0 Å². The van der Waals surface area contributed by atoms with Crippen molar-refractivity contribution in [3.63, 3.8) is 0 Å². The highest BCUT2D eigenvalue weighted by atomic mass is 31.2. The zero-order chi connectivity index (χ0) is 29.3. The van der Waals surface area contributed by atoms with Gasteiger partial charge in [-0.1, -0.05) is 33.6 Å². The van der Waals surface area contributed by atoms with Crippen molar-refractivity contribution in [2.24, 2.45) is 0 Å². The number of carbonyl (C=O) groups excluding carboxylic acids is 4. The Balaban J connectivity index is 2.55. The van der Waals surface area contributed by atoms with Gasteiger partial charge in [-0.05, 0) is 25.7 Å². The van der Waals surface area contributed by atoms with Crippen molar-refractivity contribution in [1.29, 1.82) is 0 Å². The smallest absolute Gasteiger partial charge is 0.465 e. The third-order valence-electron chi connectivity index (χ3n) is 6.41. The standard InChI is InChI=1S/C25H41O13P/c1-7-10-14-32-39(30,33-15-11-8-2)38-25(23(29)31-6)13-12-24(16-20(28)36-24)22(37-25)21(35-18(5)27)19(9-3)34-17(4)26/h19,21-22H,7-16H2,1-6H3/t19-,21-,22?,24-,25?/m1/s1. The van der Waals surface area contributed by atoms with Gasteiger partial charge in [0.15, 0.2) is 11.7 Å². The van der Waals surface area contributed by atoms with Crippen molar-refractivity contribution in [3.8, 4) is 0 Å². The van der Waals surface area contributed by atoms with Crippen LogP contribution in [0.25, 0.3) is 0 Å². The molecule has 0 radical (unpaired) electrons. The van der Waals surface area contributed by atoms with Crippen LogP contribution in [0.15, 0.2) is 0 Å². The highest BCUT2D eigenvalue weighted by molar-refractivity contribution is 7.48. The third-order valence-corrected chi connectivity index (χ3v) is 7.93. The number of rotatable bonds is 16. The molecule has 14 heteroatoms. The van der Waals surface area contributed by atoms with Crippen LogP contribution in [0.4, 0.5) is 0 Å². The summed E-state index contributed by atoms with van der Waals surface area (Å²) in [6.45, 7) is 7.92. The lowest BCUT2D eigenvalue weighted by molar-refractivity contribution is -0.329. The number of methoxy groups -OCH3 is 1. The van der Waals surface area contributed by atoms with Gasteiger partial charge in [-0.25, -0.2) is 13.9 Å². The van der Waals surface area contributed by atoms with Gasteiger partial charge in [-0.2, -0.15) is 0 Å². The number of unbranched alkanes of at least 4 members (excludes halogenated alkanes) is 2. The van der Waals surface area contributed by atoms with Crippen LogP contribution < -0.4 is 0 Å². The van der Waals surface area contributed by atoms with E-state index >= 15 is 0 Å². The van der Waals surface area contributed by atoms with Crippen LogP contribution >= 0.6 is 7.82 Å². The second kappa shape index (κ2) is 14.5. The molecule has 0 aliphatic carbocycles. The molecule has 2 saturated heterocycles. The van der Waals surface area contributed by atoms with Crippen molar-refractivity contribution in [1.82, 2.24) is 0 Å². The number of phosphoric ester groups is 1. The Hall–Kier alpha value is -2.05. The fraction of sp³-hybridized carbons (Fsp3) is 0.840. The average molecular weight is 581 g/mol. The predicted molar refractivity (Wildman–Crippen MR) is 134 cm³/mol. The Labute approximate surface area is 229 Å². The van der Waals surface area contributed by atoms with Gasteiger partial charge in [-0.3, -0.25) is 23.4 Å². The molecule has 39 heavy (non-hydrogen) atoms. The lowest BCUT2D eigenvalue weighted by atomic mass is 9.76. The molecule has 0 aromatic rings. The van der Waals surface area contributed by atoms with Crippen LogP contribution in [0, 0.1) is 0 Å². The van der Waals surface area contributed by atoms with Gasteiger partial charge < -0.3 is 23.7 Å². The Morgan fingerprint density at radius 3 is 2.00 bits per heavy atom. The number of carbonyl (C=O) groups is 4. The first-order chi connectivity index (χ1) is 18.4. The molecule has 0 saturated carbocycles. The Morgan fingerprint density at radius 1 is 1.00 bits per heavy atom. The monoisotopic (exact) mass is 580 g/mol. The quantitative estimate of drug-likeness (QED) is 0.112. The summed E-state index contributed by atoms with van der Waals surface area (Å²) in [5, 5.41) is 0. The van der Waals surface area contributed by atoms with Gasteiger partial charge in [-0.15, -0.1) is 0 Å². The average Bonchev–Trinajstić information content (AvgIpc) is 2.86. The van der Waals surface area contributed by atoms with E-state index in [1.54, 1.807) is 6.92 Å². The summed E-state index contributed by atoms with van der Waals surface area (Å²) in [7, 11) is -3.29. The maximum atomic E-state index is 13.7. The fourth-order valence-electron chi connectivity index (χ4n) is 4.46. The van der Waals surface area contributed by atoms with Crippen LogP contribution in [0.3, 0.4) is 0 Å². The predicted octanol–water partition coefficient (Wildman–Crippen LogP) is 3.75. The summed E-state index contributed by atoms with van der Waals surface area (Å²) < 4.78 is 58.2. The molecule has 2 aliphatic heterocycles. The molecule has 1 spiro atoms. The van der Waals surface area contributed by atoms with E-state index < -0.39 is 61.4 Å². The summed E-state index contributed by atoms with van der Waals surface area (Å²) in [5.74, 6) is -5.31. The number of ether oxygens (including phenoxy) is 5. The molecule has 2 heterocycles. The van der Waals surface area contributed by atoms with E-state index in [1.807, 2.05) is 13.8 Å². The van der Waals surface area contributed by atoms with Crippen molar-refractivity contribution < 1.29 is 61.0 Å². The van der Waals surface area contributed by atoms with Gasteiger partial charge in [0.05, 0.1) is 26.7 Å². The van der Waals surface area contributed by atoms with Crippen LogP contribution in [-0.4, -0.2) is 73.9 Å². The fourth-order valence-corrected chi connectivity index (χ4v) is 5.91. The molecule has 13 nitrogen and oxygen atoms in total. The van der Waals surface area contributed by atoms with E-state index in [0.717, 1.165) is 26.9 Å². The van der Waals surface area contributed by atoms with E-state index in [9.17, 15) is 23.7 Å². The molecular formula is C25H41O13P. The zero-order valence-electron chi connectivity index (χ0n) is 23.6.